The van der Waals surface area contributed by atoms with Crippen LogP contribution in [0.3, 0.4) is 0 Å². The molecule has 0 radical (unpaired) electrons. The molecule has 1 heterocycles. The first-order valence-electron chi connectivity index (χ1n) is 8.74. The van der Waals surface area contributed by atoms with Crippen LogP contribution in [0.25, 0.3) is 0 Å². The molecule has 1 atom stereocenters. The van der Waals surface area contributed by atoms with Gasteiger partial charge in [-0.15, -0.1) is 35.3 Å². The first kappa shape index (κ1) is 23.8. The SMILES string of the molecule is CCNC(=NCCc1cccc(F)c1)N(C)Cc1csc(C(C)OC)n1.I. The van der Waals surface area contributed by atoms with Crippen LogP contribution in [0.5, 0.6) is 0 Å². The Morgan fingerprint density at radius 3 is 2.89 bits per heavy atom. The second-order valence-electron chi connectivity index (χ2n) is 6.03. The van der Waals surface area contributed by atoms with Gasteiger partial charge in [-0.2, -0.15) is 0 Å². The van der Waals surface area contributed by atoms with E-state index in [2.05, 4.69) is 20.7 Å². The van der Waals surface area contributed by atoms with Crippen LogP contribution in [0.15, 0.2) is 34.6 Å². The molecule has 1 aromatic carbocycles. The first-order valence-corrected chi connectivity index (χ1v) is 9.62. The van der Waals surface area contributed by atoms with Gasteiger partial charge >= 0.3 is 0 Å². The van der Waals surface area contributed by atoms with Crippen molar-refractivity contribution in [2.24, 2.45) is 4.99 Å². The summed E-state index contributed by atoms with van der Waals surface area (Å²) in [5, 5.41) is 6.32. The summed E-state index contributed by atoms with van der Waals surface area (Å²) in [7, 11) is 3.68. The summed E-state index contributed by atoms with van der Waals surface area (Å²) in [6, 6.07) is 6.66. The van der Waals surface area contributed by atoms with Gasteiger partial charge in [-0.1, -0.05) is 12.1 Å². The van der Waals surface area contributed by atoms with E-state index < -0.39 is 0 Å². The zero-order chi connectivity index (χ0) is 18.9. The van der Waals surface area contributed by atoms with Gasteiger partial charge in [0.15, 0.2) is 5.96 Å². The van der Waals surface area contributed by atoms with E-state index in [0.29, 0.717) is 19.5 Å². The molecule has 0 fully saturated rings. The number of nitrogens with one attached hydrogen (secondary N) is 1. The van der Waals surface area contributed by atoms with E-state index in [4.69, 9.17) is 4.74 Å². The van der Waals surface area contributed by atoms with E-state index in [1.807, 2.05) is 31.9 Å². The van der Waals surface area contributed by atoms with Crippen molar-refractivity contribution in [3.05, 3.63) is 51.7 Å². The van der Waals surface area contributed by atoms with E-state index in [0.717, 1.165) is 28.8 Å². The van der Waals surface area contributed by atoms with Crippen molar-refractivity contribution in [2.75, 3.05) is 27.2 Å². The highest BCUT2D eigenvalue weighted by Crippen LogP contribution is 2.20. The van der Waals surface area contributed by atoms with Gasteiger partial charge in [-0.05, 0) is 38.0 Å². The number of guanidine groups is 1. The quantitative estimate of drug-likeness (QED) is 0.331. The lowest BCUT2D eigenvalue weighted by atomic mass is 10.1. The molecule has 2 aromatic rings. The number of thiazole rings is 1. The number of ether oxygens (including phenoxy) is 1. The third-order valence-electron chi connectivity index (χ3n) is 3.92. The largest absolute Gasteiger partial charge is 0.375 e. The van der Waals surface area contributed by atoms with Crippen LogP contribution in [0, 0.1) is 5.82 Å². The molecule has 0 aliphatic heterocycles. The summed E-state index contributed by atoms with van der Waals surface area (Å²) in [6.07, 6.45) is 0.708. The predicted octanol–water partition coefficient (Wildman–Crippen LogP) is 4.25. The Labute approximate surface area is 182 Å². The fourth-order valence-corrected chi connectivity index (χ4v) is 3.30. The van der Waals surface area contributed by atoms with Crippen LogP contribution < -0.4 is 5.32 Å². The maximum absolute atomic E-state index is 13.3. The van der Waals surface area contributed by atoms with Gasteiger partial charge in [0.05, 0.1) is 12.2 Å². The second-order valence-corrected chi connectivity index (χ2v) is 6.92. The average Bonchev–Trinajstić information content (AvgIpc) is 3.09. The Morgan fingerprint density at radius 1 is 1.44 bits per heavy atom. The third-order valence-corrected chi connectivity index (χ3v) is 4.97. The average molecular weight is 506 g/mol. The third kappa shape index (κ3) is 7.71. The van der Waals surface area contributed by atoms with Gasteiger partial charge in [0.2, 0.25) is 0 Å². The molecule has 1 unspecified atom stereocenters. The molecule has 0 aliphatic carbocycles. The molecule has 0 aliphatic rings. The summed E-state index contributed by atoms with van der Waals surface area (Å²) >= 11 is 1.61. The Morgan fingerprint density at radius 2 is 2.22 bits per heavy atom. The molecule has 1 N–H and O–H groups in total. The van der Waals surface area contributed by atoms with Crippen LogP contribution in [0.1, 0.15) is 36.2 Å². The first-order chi connectivity index (χ1) is 12.5. The molecular weight excluding hydrogens is 478 g/mol. The maximum atomic E-state index is 13.3. The maximum Gasteiger partial charge on any atom is 0.194 e. The standard InChI is InChI=1S/C19H27FN4OS.HI/c1-5-21-19(22-10-9-15-7-6-8-16(20)11-15)24(3)12-17-13-26-18(23-17)14(2)25-4;/h6-8,11,13-14H,5,9-10,12H2,1-4H3,(H,21,22);1H. The molecule has 5 nitrogen and oxygen atoms in total. The Bertz CT molecular complexity index is 725. The molecule has 0 saturated heterocycles. The minimum absolute atomic E-state index is 0. The number of hydrogen-bond acceptors (Lipinski definition) is 4. The summed E-state index contributed by atoms with van der Waals surface area (Å²) in [5.74, 6) is 0.610. The molecule has 27 heavy (non-hydrogen) atoms. The van der Waals surface area contributed by atoms with Crippen molar-refractivity contribution in [1.29, 1.82) is 0 Å². The van der Waals surface area contributed by atoms with Crippen molar-refractivity contribution in [1.82, 2.24) is 15.2 Å². The molecule has 2 rings (SSSR count). The van der Waals surface area contributed by atoms with E-state index in [-0.39, 0.29) is 35.9 Å². The summed E-state index contributed by atoms with van der Waals surface area (Å²) < 4.78 is 18.6. The number of benzene rings is 1. The number of nitrogens with zero attached hydrogens (tertiary/aromatic N) is 3. The number of methoxy groups -OCH3 is 1. The molecule has 0 amide bonds. The van der Waals surface area contributed by atoms with Crippen LogP contribution in [-0.4, -0.2) is 43.1 Å². The monoisotopic (exact) mass is 506 g/mol. The highest BCUT2D eigenvalue weighted by Gasteiger charge is 2.12. The fourth-order valence-electron chi connectivity index (χ4n) is 2.45. The number of aromatic nitrogens is 1. The van der Waals surface area contributed by atoms with Gasteiger partial charge in [-0.3, -0.25) is 4.99 Å². The van der Waals surface area contributed by atoms with Crippen molar-refractivity contribution in [3.63, 3.8) is 0 Å². The van der Waals surface area contributed by atoms with Crippen molar-refractivity contribution in [2.45, 2.75) is 32.9 Å². The van der Waals surface area contributed by atoms with Crippen LogP contribution in [0.2, 0.25) is 0 Å². The minimum Gasteiger partial charge on any atom is -0.375 e. The highest BCUT2D eigenvalue weighted by molar-refractivity contribution is 14.0. The molecule has 0 bridgehead atoms. The number of halogens is 2. The number of aliphatic imine (C=N–C) groups is 1. The van der Waals surface area contributed by atoms with Crippen LogP contribution >= 0.6 is 35.3 Å². The van der Waals surface area contributed by atoms with Crippen LogP contribution in [-0.2, 0) is 17.7 Å². The fraction of sp³-hybridized carbons (Fsp3) is 0.474. The van der Waals surface area contributed by atoms with Crippen molar-refractivity contribution >= 4 is 41.3 Å². The van der Waals surface area contributed by atoms with Gasteiger partial charge in [0, 0.05) is 32.6 Å². The molecule has 0 spiro atoms. The van der Waals surface area contributed by atoms with Gasteiger partial charge in [-0.25, -0.2) is 9.37 Å². The molecule has 1 aromatic heterocycles. The summed E-state index contributed by atoms with van der Waals surface area (Å²) in [6.45, 7) is 6.07. The smallest absolute Gasteiger partial charge is 0.194 e. The Balaban J connectivity index is 0.00000364. The highest BCUT2D eigenvalue weighted by atomic mass is 127. The van der Waals surface area contributed by atoms with Crippen molar-refractivity contribution in [3.8, 4) is 0 Å². The topological polar surface area (TPSA) is 49.8 Å². The lowest BCUT2D eigenvalue weighted by Gasteiger charge is -2.21. The van der Waals surface area contributed by atoms with Gasteiger partial charge in [0.25, 0.3) is 0 Å². The molecule has 150 valence electrons. The molecule has 8 heteroatoms. The lowest BCUT2D eigenvalue weighted by molar-refractivity contribution is 0.119. The van der Waals surface area contributed by atoms with Gasteiger partial charge < -0.3 is 15.0 Å². The Hall–Kier alpha value is -1.26. The minimum atomic E-state index is -0.208. The van der Waals surface area contributed by atoms with Crippen molar-refractivity contribution < 1.29 is 9.13 Å². The second kappa shape index (κ2) is 12.2. The van der Waals surface area contributed by atoms with Gasteiger partial charge in [0.1, 0.15) is 16.9 Å². The zero-order valence-corrected chi connectivity index (χ0v) is 19.4. The normalized spacial score (nSPS) is 12.4. The lowest BCUT2D eigenvalue weighted by Crippen LogP contribution is -2.38. The predicted molar refractivity (Wildman–Crippen MR) is 121 cm³/mol. The molecule has 0 saturated carbocycles. The number of hydrogen-bond donors (Lipinski definition) is 1. The number of rotatable bonds is 8. The van der Waals surface area contributed by atoms with E-state index >= 15 is 0 Å². The van der Waals surface area contributed by atoms with E-state index in [1.54, 1.807) is 30.6 Å². The zero-order valence-electron chi connectivity index (χ0n) is 16.2. The van der Waals surface area contributed by atoms with Crippen LogP contribution in [0.4, 0.5) is 4.39 Å². The Kier molecular flexibility index (Phi) is 10.8. The molecular formula is C19H28FIN4OS. The van der Waals surface area contributed by atoms with E-state index in [1.165, 1.54) is 6.07 Å². The van der Waals surface area contributed by atoms with E-state index in [9.17, 15) is 4.39 Å². The summed E-state index contributed by atoms with van der Waals surface area (Å²) in [5.41, 5.74) is 1.94. The summed E-state index contributed by atoms with van der Waals surface area (Å²) in [4.78, 5) is 11.3.